The summed E-state index contributed by atoms with van der Waals surface area (Å²) in [5.74, 6) is -0.219. The summed E-state index contributed by atoms with van der Waals surface area (Å²) in [6, 6.07) is 12.9. The third kappa shape index (κ3) is 4.13. The summed E-state index contributed by atoms with van der Waals surface area (Å²) in [5.41, 5.74) is 1.94. The van der Waals surface area contributed by atoms with Gasteiger partial charge in [-0.05, 0) is 29.5 Å². The van der Waals surface area contributed by atoms with Crippen LogP contribution in [0.2, 0.25) is 0 Å². The number of nitrogens with zero attached hydrogens (tertiary/aromatic N) is 1. The van der Waals surface area contributed by atoms with Gasteiger partial charge in [0.1, 0.15) is 0 Å². The van der Waals surface area contributed by atoms with E-state index < -0.39 is 5.91 Å². The first kappa shape index (κ1) is 16.9. The number of thiophene rings is 1. The van der Waals surface area contributed by atoms with Gasteiger partial charge in [-0.15, -0.1) is 11.3 Å². The molecule has 0 spiro atoms. The Morgan fingerprint density at radius 3 is 2.80 bits per heavy atom. The Balaban J connectivity index is 1.56. The van der Waals surface area contributed by atoms with Gasteiger partial charge >= 0.3 is 0 Å². The molecule has 3 rings (SSSR count). The summed E-state index contributed by atoms with van der Waals surface area (Å²) in [6.45, 7) is 1.88. The van der Waals surface area contributed by atoms with Crippen LogP contribution in [0.1, 0.15) is 23.0 Å². The molecule has 3 aromatic rings. The van der Waals surface area contributed by atoms with Crippen LogP contribution in [0, 0.1) is 0 Å². The van der Waals surface area contributed by atoms with Crippen LogP contribution in [-0.4, -0.2) is 23.5 Å². The minimum Gasteiger partial charge on any atom is -0.355 e. The number of amides is 2. The van der Waals surface area contributed by atoms with E-state index in [4.69, 9.17) is 4.52 Å². The lowest BCUT2D eigenvalue weighted by molar-refractivity contribution is -0.115. The largest absolute Gasteiger partial charge is 0.355 e. The number of anilines is 1. The van der Waals surface area contributed by atoms with Crippen molar-refractivity contribution in [3.63, 3.8) is 0 Å². The minimum atomic E-state index is -0.453. The summed E-state index contributed by atoms with van der Waals surface area (Å²) < 4.78 is 5.16. The van der Waals surface area contributed by atoms with Gasteiger partial charge in [0.2, 0.25) is 5.91 Å². The Morgan fingerprint density at radius 1 is 1.20 bits per heavy atom. The van der Waals surface area contributed by atoms with E-state index in [2.05, 4.69) is 15.8 Å². The first-order valence-corrected chi connectivity index (χ1v) is 8.72. The van der Waals surface area contributed by atoms with E-state index in [1.165, 1.54) is 11.3 Å². The molecule has 0 atom stereocenters. The van der Waals surface area contributed by atoms with Crippen LogP contribution in [0.15, 0.2) is 52.4 Å². The normalized spacial score (nSPS) is 10.4. The van der Waals surface area contributed by atoms with E-state index in [0.717, 1.165) is 22.5 Å². The number of rotatable bonds is 6. The highest BCUT2D eigenvalue weighted by molar-refractivity contribution is 7.13. The number of carbonyl (C=O) groups is 2. The molecule has 25 heavy (non-hydrogen) atoms. The predicted octanol–water partition coefficient (Wildman–Crippen LogP) is 3.33. The number of aromatic nitrogens is 1. The van der Waals surface area contributed by atoms with Gasteiger partial charge in [-0.2, -0.15) is 0 Å². The molecule has 0 fully saturated rings. The van der Waals surface area contributed by atoms with Crippen LogP contribution in [0.4, 0.5) is 5.69 Å². The molecule has 0 bridgehead atoms. The lowest BCUT2D eigenvalue weighted by Crippen LogP contribution is -2.33. The first-order valence-electron chi connectivity index (χ1n) is 7.84. The average molecular weight is 355 g/mol. The van der Waals surface area contributed by atoms with Gasteiger partial charge in [0.05, 0.1) is 11.4 Å². The van der Waals surface area contributed by atoms with Crippen molar-refractivity contribution in [1.82, 2.24) is 10.5 Å². The summed E-state index contributed by atoms with van der Waals surface area (Å²) in [4.78, 5) is 25.0. The van der Waals surface area contributed by atoms with Crippen LogP contribution in [0.25, 0.3) is 10.6 Å². The molecule has 0 saturated carbocycles. The lowest BCUT2D eigenvalue weighted by atomic mass is 10.1. The van der Waals surface area contributed by atoms with Gasteiger partial charge in [-0.1, -0.05) is 36.3 Å². The highest BCUT2D eigenvalue weighted by Gasteiger charge is 2.15. The van der Waals surface area contributed by atoms with Crippen molar-refractivity contribution < 1.29 is 14.1 Å². The van der Waals surface area contributed by atoms with Crippen molar-refractivity contribution in [1.29, 1.82) is 0 Å². The van der Waals surface area contributed by atoms with E-state index >= 15 is 0 Å². The molecule has 128 valence electrons. The molecule has 2 heterocycles. The summed E-state index contributed by atoms with van der Waals surface area (Å²) in [6.07, 6.45) is 0.813. The van der Waals surface area contributed by atoms with Gasteiger partial charge in [-0.3, -0.25) is 9.59 Å². The van der Waals surface area contributed by atoms with Crippen LogP contribution in [0.5, 0.6) is 0 Å². The number of nitrogens with one attached hydrogen (secondary N) is 2. The quantitative estimate of drug-likeness (QED) is 0.710. The van der Waals surface area contributed by atoms with Crippen molar-refractivity contribution >= 4 is 28.8 Å². The molecule has 2 N–H and O–H groups in total. The van der Waals surface area contributed by atoms with Gasteiger partial charge in [0.15, 0.2) is 11.5 Å². The van der Waals surface area contributed by atoms with Crippen LogP contribution in [0.3, 0.4) is 0 Å². The number of para-hydroxylation sites is 1. The highest BCUT2D eigenvalue weighted by atomic mass is 32.1. The Morgan fingerprint density at radius 2 is 2.04 bits per heavy atom. The molecular weight excluding hydrogens is 338 g/mol. The van der Waals surface area contributed by atoms with E-state index in [9.17, 15) is 9.59 Å². The van der Waals surface area contributed by atoms with Crippen LogP contribution in [-0.2, 0) is 11.2 Å². The molecule has 0 radical (unpaired) electrons. The van der Waals surface area contributed by atoms with E-state index in [-0.39, 0.29) is 18.1 Å². The molecule has 1 aromatic carbocycles. The number of hydrogen-bond acceptors (Lipinski definition) is 5. The maximum absolute atomic E-state index is 12.1. The monoisotopic (exact) mass is 355 g/mol. The molecule has 0 saturated heterocycles. The van der Waals surface area contributed by atoms with E-state index in [1.807, 2.05) is 48.7 Å². The summed E-state index contributed by atoms with van der Waals surface area (Å²) in [7, 11) is 0. The average Bonchev–Trinajstić information content (AvgIpc) is 3.31. The van der Waals surface area contributed by atoms with Crippen molar-refractivity contribution in [3.05, 3.63) is 59.1 Å². The summed E-state index contributed by atoms with van der Waals surface area (Å²) >= 11 is 1.49. The molecule has 6 nitrogen and oxygen atoms in total. The third-order valence-electron chi connectivity index (χ3n) is 3.59. The zero-order valence-corrected chi connectivity index (χ0v) is 14.4. The van der Waals surface area contributed by atoms with Gasteiger partial charge in [0, 0.05) is 11.8 Å². The number of aryl methyl sites for hydroxylation is 1. The molecule has 0 aliphatic rings. The van der Waals surface area contributed by atoms with Crippen molar-refractivity contribution in [2.45, 2.75) is 13.3 Å². The Labute approximate surface area is 148 Å². The van der Waals surface area contributed by atoms with Crippen molar-refractivity contribution in [3.8, 4) is 10.6 Å². The first-order chi connectivity index (χ1) is 12.2. The minimum absolute atomic E-state index is 0.141. The van der Waals surface area contributed by atoms with Gasteiger partial charge < -0.3 is 15.2 Å². The van der Waals surface area contributed by atoms with Gasteiger partial charge in [0.25, 0.3) is 5.91 Å². The van der Waals surface area contributed by atoms with Gasteiger partial charge in [-0.25, -0.2) is 0 Å². The van der Waals surface area contributed by atoms with E-state index in [0.29, 0.717) is 5.76 Å². The van der Waals surface area contributed by atoms with E-state index in [1.54, 1.807) is 6.07 Å². The molecule has 7 heteroatoms. The van der Waals surface area contributed by atoms with Crippen LogP contribution >= 0.6 is 11.3 Å². The standard InChI is InChI=1S/C18H17N3O3S/c1-2-12-6-3-4-7-13(12)20-17(22)11-19-18(23)14-10-15(24-21-14)16-8-5-9-25-16/h3-10H,2,11H2,1H3,(H,19,23)(H,20,22). The maximum Gasteiger partial charge on any atom is 0.273 e. The fourth-order valence-corrected chi connectivity index (χ4v) is 2.99. The zero-order chi connectivity index (χ0) is 17.6. The molecule has 0 aliphatic carbocycles. The fourth-order valence-electron chi connectivity index (χ4n) is 2.31. The maximum atomic E-state index is 12.1. The number of hydrogen-bond donors (Lipinski definition) is 2. The van der Waals surface area contributed by atoms with Crippen molar-refractivity contribution in [2.24, 2.45) is 0 Å². The number of benzene rings is 1. The Hall–Kier alpha value is -2.93. The topological polar surface area (TPSA) is 84.2 Å². The second kappa shape index (κ2) is 7.76. The second-order valence-electron chi connectivity index (χ2n) is 5.30. The Kier molecular flexibility index (Phi) is 5.25. The fraction of sp³-hybridized carbons (Fsp3) is 0.167. The predicted molar refractivity (Wildman–Crippen MR) is 96.6 cm³/mol. The Bertz CT molecular complexity index is 871. The summed E-state index contributed by atoms with van der Waals surface area (Å²) in [5, 5.41) is 11.0. The highest BCUT2D eigenvalue weighted by Crippen LogP contribution is 2.25. The second-order valence-corrected chi connectivity index (χ2v) is 6.24. The molecular formula is C18H17N3O3S. The molecule has 2 aromatic heterocycles. The van der Waals surface area contributed by atoms with Crippen molar-refractivity contribution in [2.75, 3.05) is 11.9 Å². The molecule has 0 aliphatic heterocycles. The zero-order valence-electron chi connectivity index (χ0n) is 13.6. The molecule has 2 amide bonds. The third-order valence-corrected chi connectivity index (χ3v) is 4.47. The SMILES string of the molecule is CCc1ccccc1NC(=O)CNC(=O)c1cc(-c2cccs2)on1. The smallest absolute Gasteiger partial charge is 0.273 e. The van der Waals surface area contributed by atoms with Crippen LogP contribution < -0.4 is 10.6 Å². The molecule has 0 unspecified atom stereocenters. The number of carbonyl (C=O) groups excluding carboxylic acids is 2. The lowest BCUT2D eigenvalue weighted by Gasteiger charge is -2.09.